The minimum absolute atomic E-state index is 0.0250. The third-order valence-electron chi connectivity index (χ3n) is 4.24. The maximum absolute atomic E-state index is 12.4. The molecule has 0 radical (unpaired) electrons. The number of aryl methyl sites for hydroxylation is 1. The van der Waals surface area contributed by atoms with Crippen molar-refractivity contribution in [3.63, 3.8) is 0 Å². The van der Waals surface area contributed by atoms with Gasteiger partial charge in [-0.15, -0.1) is 0 Å². The topological polar surface area (TPSA) is 67.9 Å². The van der Waals surface area contributed by atoms with Gasteiger partial charge in [0.25, 0.3) is 5.91 Å². The summed E-state index contributed by atoms with van der Waals surface area (Å²) < 4.78 is 10.8. The fraction of sp³-hybridized carbons (Fsp3) is 0.364. The Kier molecular flexibility index (Phi) is 5.87. The van der Waals surface area contributed by atoms with Crippen LogP contribution in [0.5, 0.6) is 5.75 Å². The van der Waals surface area contributed by atoms with Gasteiger partial charge in [-0.25, -0.2) is 4.79 Å². The predicted octanol–water partition coefficient (Wildman–Crippen LogP) is 4.39. The molecule has 0 saturated heterocycles. The first-order chi connectivity index (χ1) is 13.3. The lowest BCUT2D eigenvalue weighted by Crippen LogP contribution is -2.39. The number of carbonyl (C=O) groups is 2. The molecule has 0 atom stereocenters. The minimum Gasteiger partial charge on any atom is -0.482 e. The summed E-state index contributed by atoms with van der Waals surface area (Å²) in [6.07, 6.45) is 1.18. The maximum Gasteiger partial charge on any atom is 0.412 e. The first-order valence-corrected chi connectivity index (χ1v) is 9.43. The average Bonchev–Trinajstić information content (AvgIpc) is 2.63. The molecular weight excluding hydrogens is 356 g/mol. The Morgan fingerprint density at radius 3 is 2.64 bits per heavy atom. The van der Waals surface area contributed by atoms with Crippen molar-refractivity contribution >= 4 is 23.4 Å². The molecule has 0 unspecified atom stereocenters. The SMILES string of the molecule is CC(C)(C)OC(=O)Nc1ccc2c(c1)N(CCCc1ccccc1)C(=O)CO2. The summed E-state index contributed by atoms with van der Waals surface area (Å²) in [7, 11) is 0. The fourth-order valence-corrected chi connectivity index (χ4v) is 3.03. The lowest BCUT2D eigenvalue weighted by molar-refractivity contribution is -0.121. The van der Waals surface area contributed by atoms with Gasteiger partial charge in [-0.05, 0) is 57.4 Å². The van der Waals surface area contributed by atoms with E-state index in [1.54, 1.807) is 43.9 Å². The molecule has 2 aromatic carbocycles. The smallest absolute Gasteiger partial charge is 0.412 e. The molecule has 148 valence electrons. The highest BCUT2D eigenvalue weighted by Gasteiger charge is 2.26. The van der Waals surface area contributed by atoms with Crippen LogP contribution in [0.2, 0.25) is 0 Å². The molecule has 28 heavy (non-hydrogen) atoms. The van der Waals surface area contributed by atoms with Crippen molar-refractivity contribution in [2.45, 2.75) is 39.2 Å². The van der Waals surface area contributed by atoms with E-state index in [2.05, 4.69) is 17.4 Å². The van der Waals surface area contributed by atoms with E-state index in [9.17, 15) is 9.59 Å². The minimum atomic E-state index is -0.582. The molecule has 2 amide bonds. The van der Waals surface area contributed by atoms with E-state index in [-0.39, 0.29) is 12.5 Å². The number of nitrogens with one attached hydrogen (secondary N) is 1. The van der Waals surface area contributed by atoms with Gasteiger partial charge in [0.2, 0.25) is 0 Å². The molecular formula is C22H26N2O4. The molecule has 1 aliphatic rings. The zero-order valence-corrected chi connectivity index (χ0v) is 16.5. The molecule has 0 fully saturated rings. The summed E-state index contributed by atoms with van der Waals surface area (Å²) >= 11 is 0. The number of anilines is 2. The van der Waals surface area contributed by atoms with Gasteiger partial charge in [-0.2, -0.15) is 0 Å². The normalized spacial score (nSPS) is 13.5. The second-order valence-corrected chi connectivity index (χ2v) is 7.73. The fourth-order valence-electron chi connectivity index (χ4n) is 3.03. The number of fused-ring (bicyclic) bond motifs is 1. The van der Waals surface area contributed by atoms with E-state index in [1.807, 2.05) is 18.2 Å². The zero-order chi connectivity index (χ0) is 20.1. The molecule has 3 rings (SSSR count). The van der Waals surface area contributed by atoms with Gasteiger partial charge in [-0.3, -0.25) is 10.1 Å². The maximum atomic E-state index is 12.4. The number of hydrogen-bond donors (Lipinski definition) is 1. The van der Waals surface area contributed by atoms with Crippen LogP contribution >= 0.6 is 0 Å². The summed E-state index contributed by atoms with van der Waals surface area (Å²) in [6, 6.07) is 15.4. The van der Waals surface area contributed by atoms with Gasteiger partial charge < -0.3 is 14.4 Å². The van der Waals surface area contributed by atoms with Crippen molar-refractivity contribution in [1.82, 2.24) is 0 Å². The molecule has 0 aromatic heterocycles. The molecule has 0 bridgehead atoms. The Labute approximate surface area is 165 Å². The number of benzene rings is 2. The van der Waals surface area contributed by atoms with Crippen molar-refractivity contribution in [2.75, 3.05) is 23.4 Å². The highest BCUT2D eigenvalue weighted by atomic mass is 16.6. The van der Waals surface area contributed by atoms with E-state index < -0.39 is 11.7 Å². The summed E-state index contributed by atoms with van der Waals surface area (Å²) in [5.74, 6) is 0.545. The van der Waals surface area contributed by atoms with Gasteiger partial charge in [0.1, 0.15) is 11.4 Å². The van der Waals surface area contributed by atoms with Gasteiger partial charge in [0, 0.05) is 12.2 Å². The number of nitrogens with zero attached hydrogens (tertiary/aromatic N) is 1. The monoisotopic (exact) mass is 382 g/mol. The highest BCUT2D eigenvalue weighted by Crippen LogP contribution is 2.35. The van der Waals surface area contributed by atoms with E-state index >= 15 is 0 Å². The van der Waals surface area contributed by atoms with Gasteiger partial charge in [-0.1, -0.05) is 30.3 Å². The molecule has 0 spiro atoms. The lowest BCUT2D eigenvalue weighted by atomic mass is 10.1. The number of hydrogen-bond acceptors (Lipinski definition) is 4. The van der Waals surface area contributed by atoms with Crippen LogP contribution < -0.4 is 15.0 Å². The van der Waals surface area contributed by atoms with E-state index in [4.69, 9.17) is 9.47 Å². The molecule has 1 N–H and O–H groups in total. The Morgan fingerprint density at radius 1 is 1.18 bits per heavy atom. The molecule has 1 heterocycles. The first-order valence-electron chi connectivity index (χ1n) is 9.43. The first kappa shape index (κ1) is 19.7. The average molecular weight is 382 g/mol. The number of carbonyl (C=O) groups excluding carboxylic acids is 2. The second kappa shape index (κ2) is 8.33. The number of ether oxygens (including phenoxy) is 2. The summed E-state index contributed by atoms with van der Waals surface area (Å²) in [5.41, 5.74) is 1.88. The molecule has 0 aliphatic carbocycles. The number of rotatable bonds is 5. The Bertz CT molecular complexity index is 843. The van der Waals surface area contributed by atoms with Crippen LogP contribution in [-0.4, -0.2) is 30.8 Å². The van der Waals surface area contributed by atoms with Crippen molar-refractivity contribution in [2.24, 2.45) is 0 Å². The summed E-state index contributed by atoms with van der Waals surface area (Å²) in [5, 5.41) is 2.71. The summed E-state index contributed by atoms with van der Waals surface area (Å²) in [6.45, 7) is 6.03. The van der Waals surface area contributed by atoms with Gasteiger partial charge in [0.15, 0.2) is 6.61 Å². The quantitative estimate of drug-likeness (QED) is 0.833. The van der Waals surface area contributed by atoms with Crippen LogP contribution in [0.1, 0.15) is 32.8 Å². The van der Waals surface area contributed by atoms with Crippen molar-refractivity contribution in [3.05, 3.63) is 54.1 Å². The van der Waals surface area contributed by atoms with Crippen LogP contribution in [0.3, 0.4) is 0 Å². The Balaban J connectivity index is 1.70. The highest BCUT2D eigenvalue weighted by molar-refractivity contribution is 5.99. The van der Waals surface area contributed by atoms with Crippen molar-refractivity contribution < 1.29 is 19.1 Å². The molecule has 6 heteroatoms. The van der Waals surface area contributed by atoms with E-state index in [1.165, 1.54) is 5.56 Å². The molecule has 2 aromatic rings. The third kappa shape index (κ3) is 5.25. The van der Waals surface area contributed by atoms with Crippen LogP contribution in [0.15, 0.2) is 48.5 Å². The largest absolute Gasteiger partial charge is 0.482 e. The lowest BCUT2D eigenvalue weighted by Gasteiger charge is -2.30. The standard InChI is InChI=1S/C22H26N2O4/c1-22(2,3)28-21(26)23-17-11-12-19-18(14-17)24(20(25)15-27-19)13-7-10-16-8-5-4-6-9-16/h4-6,8-9,11-12,14H,7,10,13,15H2,1-3H3,(H,23,26). The second-order valence-electron chi connectivity index (χ2n) is 7.73. The van der Waals surface area contributed by atoms with Crippen molar-refractivity contribution in [3.8, 4) is 5.75 Å². The predicted molar refractivity (Wildman–Crippen MR) is 109 cm³/mol. The van der Waals surface area contributed by atoms with Crippen LogP contribution in [0.25, 0.3) is 0 Å². The van der Waals surface area contributed by atoms with E-state index in [0.29, 0.717) is 23.7 Å². The Morgan fingerprint density at radius 2 is 1.93 bits per heavy atom. The third-order valence-corrected chi connectivity index (χ3v) is 4.24. The van der Waals surface area contributed by atoms with Crippen LogP contribution in [0, 0.1) is 0 Å². The van der Waals surface area contributed by atoms with Gasteiger partial charge in [0.05, 0.1) is 5.69 Å². The number of amides is 2. The van der Waals surface area contributed by atoms with Crippen molar-refractivity contribution in [1.29, 1.82) is 0 Å². The summed E-state index contributed by atoms with van der Waals surface area (Å²) in [4.78, 5) is 26.2. The molecule has 1 aliphatic heterocycles. The Hall–Kier alpha value is -3.02. The molecule has 6 nitrogen and oxygen atoms in total. The van der Waals surface area contributed by atoms with Crippen LogP contribution in [-0.2, 0) is 16.0 Å². The molecule has 0 saturated carbocycles. The zero-order valence-electron chi connectivity index (χ0n) is 16.5. The van der Waals surface area contributed by atoms with Gasteiger partial charge >= 0.3 is 6.09 Å². The van der Waals surface area contributed by atoms with E-state index in [0.717, 1.165) is 12.8 Å². The van der Waals surface area contributed by atoms with Crippen LogP contribution in [0.4, 0.5) is 16.2 Å².